The number of nitrogens with one attached hydrogen (secondary N) is 1. The van der Waals surface area contributed by atoms with Crippen molar-refractivity contribution in [2.75, 3.05) is 4.72 Å². The van der Waals surface area contributed by atoms with Crippen molar-refractivity contribution in [3.8, 4) is 0 Å². The molecule has 0 saturated heterocycles. The zero-order chi connectivity index (χ0) is 15.6. The van der Waals surface area contributed by atoms with Gasteiger partial charge in [0.05, 0.1) is 15.6 Å². The summed E-state index contributed by atoms with van der Waals surface area (Å²) in [4.78, 5) is 0.335. The molecule has 0 spiro atoms. The van der Waals surface area contributed by atoms with Crippen molar-refractivity contribution < 1.29 is 8.42 Å². The van der Waals surface area contributed by atoms with Crippen LogP contribution < -0.4 is 10.5 Å². The highest BCUT2D eigenvalue weighted by molar-refractivity contribution is 7.92. The maximum atomic E-state index is 12.4. The van der Waals surface area contributed by atoms with Crippen molar-refractivity contribution in [2.45, 2.75) is 11.8 Å². The SMILES string of the molecule is Cc1cccc(S(=O)(=O)Nc2cc(C(N)=S)ccc2Cl)c1. The summed E-state index contributed by atoms with van der Waals surface area (Å²) >= 11 is 10.9. The third-order valence-corrected chi connectivity index (χ3v) is 4.72. The Bertz CT molecular complexity index is 804. The topological polar surface area (TPSA) is 72.2 Å². The van der Waals surface area contributed by atoms with E-state index in [2.05, 4.69) is 4.72 Å². The number of rotatable bonds is 4. The maximum Gasteiger partial charge on any atom is 0.261 e. The van der Waals surface area contributed by atoms with Crippen LogP contribution in [0.15, 0.2) is 47.4 Å². The zero-order valence-corrected chi connectivity index (χ0v) is 13.5. The molecule has 2 aromatic rings. The van der Waals surface area contributed by atoms with Gasteiger partial charge in [-0.15, -0.1) is 0 Å². The second kappa shape index (κ2) is 6.01. The molecule has 0 aliphatic carbocycles. The van der Waals surface area contributed by atoms with Crippen LogP contribution in [0.2, 0.25) is 5.02 Å². The van der Waals surface area contributed by atoms with E-state index in [1.165, 1.54) is 12.1 Å². The van der Waals surface area contributed by atoms with Crippen LogP contribution in [-0.4, -0.2) is 13.4 Å². The van der Waals surface area contributed by atoms with Gasteiger partial charge in [0.25, 0.3) is 10.0 Å². The lowest BCUT2D eigenvalue weighted by Crippen LogP contribution is -2.15. The number of aryl methyl sites for hydroxylation is 1. The molecule has 0 fully saturated rings. The minimum absolute atomic E-state index is 0.166. The number of hydrogen-bond donors (Lipinski definition) is 2. The molecule has 0 bridgehead atoms. The van der Waals surface area contributed by atoms with Gasteiger partial charge in [0.1, 0.15) is 4.99 Å². The molecule has 0 amide bonds. The number of nitrogens with two attached hydrogens (primary N) is 1. The van der Waals surface area contributed by atoms with Crippen molar-refractivity contribution >= 4 is 44.5 Å². The van der Waals surface area contributed by atoms with Crippen LogP contribution in [0.4, 0.5) is 5.69 Å². The minimum Gasteiger partial charge on any atom is -0.389 e. The van der Waals surface area contributed by atoms with Gasteiger partial charge in [0.15, 0.2) is 0 Å². The molecular formula is C14H13ClN2O2S2. The van der Waals surface area contributed by atoms with Crippen molar-refractivity contribution in [1.82, 2.24) is 0 Å². The molecule has 0 heterocycles. The molecule has 2 aromatic carbocycles. The molecule has 3 N–H and O–H groups in total. The lowest BCUT2D eigenvalue weighted by Gasteiger charge is -2.11. The highest BCUT2D eigenvalue weighted by atomic mass is 35.5. The fourth-order valence-electron chi connectivity index (χ4n) is 1.74. The summed E-state index contributed by atoms with van der Waals surface area (Å²) in [5.74, 6) is 0. The van der Waals surface area contributed by atoms with Gasteiger partial charge in [-0.25, -0.2) is 8.42 Å². The first-order valence-electron chi connectivity index (χ1n) is 5.98. The second-order valence-electron chi connectivity index (χ2n) is 4.48. The zero-order valence-electron chi connectivity index (χ0n) is 11.1. The molecule has 2 rings (SSSR count). The molecule has 4 nitrogen and oxygen atoms in total. The first-order chi connectivity index (χ1) is 9.79. The van der Waals surface area contributed by atoms with Crippen molar-refractivity contribution in [3.63, 3.8) is 0 Å². The molecule has 21 heavy (non-hydrogen) atoms. The predicted molar refractivity (Wildman–Crippen MR) is 89.3 cm³/mol. The van der Waals surface area contributed by atoms with Gasteiger partial charge >= 0.3 is 0 Å². The number of benzene rings is 2. The van der Waals surface area contributed by atoms with Gasteiger partial charge in [-0.1, -0.05) is 42.0 Å². The molecule has 110 valence electrons. The molecule has 0 aliphatic rings. The van der Waals surface area contributed by atoms with Crippen LogP contribution in [0.5, 0.6) is 0 Å². The lowest BCUT2D eigenvalue weighted by atomic mass is 10.2. The van der Waals surface area contributed by atoms with Gasteiger partial charge in [-0.05, 0) is 36.8 Å². The van der Waals surface area contributed by atoms with E-state index in [1.807, 2.05) is 13.0 Å². The van der Waals surface area contributed by atoms with E-state index in [9.17, 15) is 8.42 Å². The van der Waals surface area contributed by atoms with Gasteiger partial charge in [0.2, 0.25) is 0 Å². The number of thiocarbonyl (C=S) groups is 1. The van der Waals surface area contributed by atoms with E-state index < -0.39 is 10.0 Å². The Morgan fingerprint density at radius 2 is 1.95 bits per heavy atom. The Balaban J connectivity index is 2.41. The summed E-state index contributed by atoms with van der Waals surface area (Å²) < 4.78 is 27.2. The minimum atomic E-state index is -3.72. The summed E-state index contributed by atoms with van der Waals surface area (Å²) in [7, 11) is -3.72. The van der Waals surface area contributed by atoms with E-state index in [4.69, 9.17) is 29.6 Å². The molecule has 0 radical (unpaired) electrons. The van der Waals surface area contributed by atoms with Crippen LogP contribution in [0.25, 0.3) is 0 Å². The number of halogens is 1. The van der Waals surface area contributed by atoms with E-state index in [0.717, 1.165) is 5.56 Å². The third-order valence-electron chi connectivity index (χ3n) is 2.80. The van der Waals surface area contributed by atoms with Crippen LogP contribution in [0, 0.1) is 6.92 Å². The van der Waals surface area contributed by atoms with Crippen molar-refractivity contribution in [3.05, 3.63) is 58.6 Å². The van der Waals surface area contributed by atoms with Gasteiger partial charge in [0, 0.05) is 5.56 Å². The normalized spacial score (nSPS) is 11.1. The van der Waals surface area contributed by atoms with Crippen LogP contribution in [0.3, 0.4) is 0 Å². The molecule has 0 saturated carbocycles. The Labute approximate surface area is 134 Å². The van der Waals surface area contributed by atoms with Crippen LogP contribution in [-0.2, 0) is 10.0 Å². The highest BCUT2D eigenvalue weighted by Crippen LogP contribution is 2.26. The molecule has 0 aromatic heterocycles. The van der Waals surface area contributed by atoms with Gasteiger partial charge < -0.3 is 5.73 Å². The fourth-order valence-corrected chi connectivity index (χ4v) is 3.27. The largest absolute Gasteiger partial charge is 0.389 e. The van der Waals surface area contributed by atoms with E-state index in [0.29, 0.717) is 5.56 Å². The Hall–Kier alpha value is -1.63. The summed E-state index contributed by atoms with van der Waals surface area (Å²) in [6.45, 7) is 1.82. The number of hydrogen-bond acceptors (Lipinski definition) is 3. The van der Waals surface area contributed by atoms with Gasteiger partial charge in [-0.3, -0.25) is 4.72 Å². The van der Waals surface area contributed by atoms with Crippen LogP contribution >= 0.6 is 23.8 Å². The highest BCUT2D eigenvalue weighted by Gasteiger charge is 2.16. The summed E-state index contributed by atoms with van der Waals surface area (Å²) in [5, 5.41) is 0.270. The predicted octanol–water partition coefficient (Wildman–Crippen LogP) is 3.08. The summed E-state index contributed by atoms with van der Waals surface area (Å²) in [6, 6.07) is 11.3. The van der Waals surface area contributed by atoms with E-state index in [1.54, 1.807) is 24.3 Å². The third kappa shape index (κ3) is 3.72. The Morgan fingerprint density at radius 1 is 1.24 bits per heavy atom. The maximum absolute atomic E-state index is 12.4. The standard InChI is InChI=1S/C14H13ClN2O2S2/c1-9-3-2-4-11(7-9)21(18,19)17-13-8-10(14(16)20)5-6-12(13)15/h2-8,17H,1H3,(H2,16,20). The average Bonchev–Trinajstić information content (AvgIpc) is 2.41. The lowest BCUT2D eigenvalue weighted by molar-refractivity contribution is 0.601. The molecular weight excluding hydrogens is 328 g/mol. The molecule has 0 unspecified atom stereocenters. The molecule has 0 aliphatic heterocycles. The first kappa shape index (κ1) is 15.8. The quantitative estimate of drug-likeness (QED) is 0.839. The number of sulfonamides is 1. The summed E-state index contributed by atoms with van der Waals surface area (Å²) in [6.07, 6.45) is 0. The first-order valence-corrected chi connectivity index (χ1v) is 8.25. The Kier molecular flexibility index (Phi) is 4.51. The number of anilines is 1. The molecule has 0 atom stereocenters. The van der Waals surface area contributed by atoms with Crippen LogP contribution in [0.1, 0.15) is 11.1 Å². The Morgan fingerprint density at radius 3 is 2.57 bits per heavy atom. The monoisotopic (exact) mass is 340 g/mol. The van der Waals surface area contributed by atoms with E-state index >= 15 is 0 Å². The van der Waals surface area contributed by atoms with E-state index in [-0.39, 0.29) is 20.6 Å². The van der Waals surface area contributed by atoms with Crippen molar-refractivity contribution in [2.24, 2.45) is 5.73 Å². The second-order valence-corrected chi connectivity index (χ2v) is 7.01. The molecule has 7 heteroatoms. The summed E-state index contributed by atoms with van der Waals surface area (Å²) in [5.41, 5.74) is 7.16. The smallest absolute Gasteiger partial charge is 0.261 e. The van der Waals surface area contributed by atoms with Crippen molar-refractivity contribution in [1.29, 1.82) is 0 Å². The fraction of sp³-hybridized carbons (Fsp3) is 0.0714. The average molecular weight is 341 g/mol. The van der Waals surface area contributed by atoms with Gasteiger partial charge in [-0.2, -0.15) is 0 Å².